The molecule has 5 nitrogen and oxygen atoms in total. The summed E-state index contributed by atoms with van der Waals surface area (Å²) < 4.78 is 28.3. The molecule has 0 fully saturated rings. The summed E-state index contributed by atoms with van der Waals surface area (Å²) in [5, 5.41) is 0. The van der Waals surface area contributed by atoms with Crippen molar-refractivity contribution in [2.24, 2.45) is 5.73 Å². The monoisotopic (exact) mass is 286 g/mol. The van der Waals surface area contributed by atoms with Crippen LogP contribution in [0.25, 0.3) is 0 Å². The highest BCUT2D eigenvalue weighted by atomic mass is 32.2. The van der Waals surface area contributed by atoms with Gasteiger partial charge in [-0.25, -0.2) is 8.42 Å². The van der Waals surface area contributed by atoms with E-state index in [9.17, 15) is 8.42 Å². The van der Waals surface area contributed by atoms with E-state index in [4.69, 9.17) is 10.5 Å². The lowest BCUT2D eigenvalue weighted by Crippen LogP contribution is -2.20. The molecule has 1 heterocycles. The van der Waals surface area contributed by atoms with E-state index in [0.717, 1.165) is 11.4 Å². The summed E-state index contributed by atoms with van der Waals surface area (Å²) in [7, 11) is -3.00. The zero-order chi connectivity index (χ0) is 14.5. The third kappa shape index (κ3) is 5.57. The van der Waals surface area contributed by atoms with E-state index < -0.39 is 9.84 Å². The Morgan fingerprint density at radius 2 is 2.11 bits per heavy atom. The van der Waals surface area contributed by atoms with Gasteiger partial charge < -0.3 is 10.5 Å². The van der Waals surface area contributed by atoms with Crippen LogP contribution in [-0.4, -0.2) is 37.6 Å². The summed E-state index contributed by atoms with van der Waals surface area (Å²) in [5.41, 5.74) is 7.45. The molecule has 0 radical (unpaired) electrons. The minimum absolute atomic E-state index is 0.0176. The highest BCUT2D eigenvalue weighted by Gasteiger charge is 2.11. The van der Waals surface area contributed by atoms with Gasteiger partial charge in [0.15, 0.2) is 9.84 Å². The van der Waals surface area contributed by atoms with Crippen LogP contribution >= 0.6 is 0 Å². The highest BCUT2D eigenvalue weighted by molar-refractivity contribution is 7.91. The summed E-state index contributed by atoms with van der Waals surface area (Å²) in [6.07, 6.45) is 0.609. The predicted octanol–water partition coefficient (Wildman–Crippen LogP) is 1.09. The molecule has 0 saturated carbocycles. The zero-order valence-electron chi connectivity index (χ0n) is 11.7. The number of nitrogens with zero attached hydrogens (tertiary/aromatic N) is 1. The van der Waals surface area contributed by atoms with Crippen LogP contribution in [0.4, 0.5) is 0 Å². The molecule has 0 amide bonds. The van der Waals surface area contributed by atoms with Crippen LogP contribution in [0.15, 0.2) is 12.1 Å². The summed E-state index contributed by atoms with van der Waals surface area (Å²) in [5.74, 6) is 0.777. The van der Waals surface area contributed by atoms with Gasteiger partial charge in [-0.1, -0.05) is 6.92 Å². The van der Waals surface area contributed by atoms with Gasteiger partial charge in [-0.15, -0.1) is 0 Å². The van der Waals surface area contributed by atoms with E-state index in [1.807, 2.05) is 26.0 Å². The van der Waals surface area contributed by atoms with Gasteiger partial charge in [0, 0.05) is 23.9 Å². The molecule has 0 spiro atoms. The van der Waals surface area contributed by atoms with Crippen molar-refractivity contribution in [2.45, 2.75) is 33.2 Å². The second-order valence-corrected chi connectivity index (χ2v) is 7.14. The molecule has 1 atom stereocenters. The SMILES string of the molecule is CCS(=O)(=O)CCOc1ccc(C)nc1CC(C)N. The maximum atomic E-state index is 11.4. The molecule has 0 aliphatic rings. The molecule has 1 rings (SSSR count). The molecule has 0 aliphatic heterocycles. The first kappa shape index (κ1) is 15.9. The van der Waals surface area contributed by atoms with Crippen LogP contribution in [0, 0.1) is 6.92 Å². The summed E-state index contributed by atoms with van der Waals surface area (Å²) >= 11 is 0. The van der Waals surface area contributed by atoms with Crippen molar-refractivity contribution in [1.82, 2.24) is 4.98 Å². The third-order valence-electron chi connectivity index (χ3n) is 2.68. The Kier molecular flexibility index (Phi) is 5.75. The van der Waals surface area contributed by atoms with E-state index in [-0.39, 0.29) is 24.2 Å². The number of pyridine rings is 1. The van der Waals surface area contributed by atoms with Gasteiger partial charge in [0.2, 0.25) is 0 Å². The maximum Gasteiger partial charge on any atom is 0.153 e. The van der Waals surface area contributed by atoms with Crippen LogP contribution < -0.4 is 10.5 Å². The molecule has 19 heavy (non-hydrogen) atoms. The summed E-state index contributed by atoms with van der Waals surface area (Å²) in [6, 6.07) is 3.64. The molecule has 0 aliphatic carbocycles. The van der Waals surface area contributed by atoms with Gasteiger partial charge in [-0.05, 0) is 26.0 Å². The largest absolute Gasteiger partial charge is 0.491 e. The number of aryl methyl sites for hydroxylation is 1. The lowest BCUT2D eigenvalue weighted by Gasteiger charge is -2.13. The Morgan fingerprint density at radius 3 is 2.68 bits per heavy atom. The molecular formula is C13H22N2O3S. The number of ether oxygens (including phenoxy) is 1. The minimum Gasteiger partial charge on any atom is -0.491 e. The topological polar surface area (TPSA) is 82.3 Å². The molecule has 108 valence electrons. The maximum absolute atomic E-state index is 11.4. The van der Waals surface area contributed by atoms with Crippen molar-refractivity contribution in [3.05, 3.63) is 23.5 Å². The molecule has 1 aromatic rings. The van der Waals surface area contributed by atoms with Gasteiger partial charge >= 0.3 is 0 Å². The fraction of sp³-hybridized carbons (Fsp3) is 0.615. The van der Waals surface area contributed by atoms with Gasteiger partial charge in [0.1, 0.15) is 12.4 Å². The molecule has 6 heteroatoms. The second-order valence-electron chi connectivity index (χ2n) is 4.66. The van der Waals surface area contributed by atoms with Crippen LogP contribution in [-0.2, 0) is 16.3 Å². The lowest BCUT2D eigenvalue weighted by atomic mass is 10.1. The molecular weight excluding hydrogens is 264 g/mol. The normalized spacial score (nSPS) is 13.3. The zero-order valence-corrected chi connectivity index (χ0v) is 12.5. The molecule has 1 unspecified atom stereocenters. The van der Waals surface area contributed by atoms with E-state index >= 15 is 0 Å². The van der Waals surface area contributed by atoms with E-state index in [2.05, 4.69) is 4.98 Å². The first-order chi connectivity index (χ1) is 8.84. The lowest BCUT2D eigenvalue weighted by molar-refractivity contribution is 0.334. The first-order valence-electron chi connectivity index (χ1n) is 6.39. The standard InChI is InChI=1S/C13H22N2O3S/c1-4-19(16,17)8-7-18-13-6-5-11(3)15-12(13)9-10(2)14/h5-6,10H,4,7-9,14H2,1-3H3. The Bertz CT molecular complexity index is 513. The Labute approximate surface area is 115 Å². The third-order valence-corrected chi connectivity index (χ3v) is 4.35. The quantitative estimate of drug-likeness (QED) is 0.811. The smallest absolute Gasteiger partial charge is 0.153 e. The Morgan fingerprint density at radius 1 is 1.42 bits per heavy atom. The van der Waals surface area contributed by atoms with E-state index in [0.29, 0.717) is 12.2 Å². The van der Waals surface area contributed by atoms with E-state index in [1.165, 1.54) is 0 Å². The van der Waals surface area contributed by atoms with Crippen molar-refractivity contribution in [3.8, 4) is 5.75 Å². The van der Waals surface area contributed by atoms with Crippen LogP contribution in [0.3, 0.4) is 0 Å². The van der Waals surface area contributed by atoms with E-state index in [1.54, 1.807) is 6.92 Å². The molecule has 0 bridgehead atoms. The number of sulfone groups is 1. The van der Waals surface area contributed by atoms with Crippen molar-refractivity contribution >= 4 is 9.84 Å². The molecule has 0 saturated heterocycles. The average molecular weight is 286 g/mol. The Balaban J connectivity index is 2.72. The summed E-state index contributed by atoms with van der Waals surface area (Å²) in [4.78, 5) is 4.39. The number of hydrogen-bond donors (Lipinski definition) is 1. The average Bonchev–Trinajstić information content (AvgIpc) is 2.31. The van der Waals surface area contributed by atoms with Gasteiger partial charge in [0.25, 0.3) is 0 Å². The van der Waals surface area contributed by atoms with Crippen molar-refractivity contribution < 1.29 is 13.2 Å². The van der Waals surface area contributed by atoms with Crippen LogP contribution in [0.2, 0.25) is 0 Å². The second kappa shape index (κ2) is 6.86. The molecule has 0 aromatic carbocycles. The number of nitrogens with two attached hydrogens (primary N) is 1. The van der Waals surface area contributed by atoms with Gasteiger partial charge in [-0.2, -0.15) is 0 Å². The fourth-order valence-corrected chi connectivity index (χ4v) is 2.23. The molecule has 1 aromatic heterocycles. The number of aromatic nitrogens is 1. The van der Waals surface area contributed by atoms with Crippen LogP contribution in [0.1, 0.15) is 25.2 Å². The number of rotatable bonds is 7. The van der Waals surface area contributed by atoms with Crippen molar-refractivity contribution in [2.75, 3.05) is 18.1 Å². The van der Waals surface area contributed by atoms with Crippen molar-refractivity contribution in [1.29, 1.82) is 0 Å². The fourth-order valence-electron chi connectivity index (χ4n) is 1.60. The van der Waals surface area contributed by atoms with Crippen molar-refractivity contribution in [3.63, 3.8) is 0 Å². The summed E-state index contributed by atoms with van der Waals surface area (Å²) in [6.45, 7) is 5.57. The van der Waals surface area contributed by atoms with Crippen LogP contribution in [0.5, 0.6) is 5.75 Å². The molecule has 2 N–H and O–H groups in total. The minimum atomic E-state index is -3.00. The first-order valence-corrected chi connectivity index (χ1v) is 8.21. The van der Waals surface area contributed by atoms with Gasteiger partial charge in [0.05, 0.1) is 11.4 Å². The predicted molar refractivity (Wildman–Crippen MR) is 76.2 cm³/mol. The highest BCUT2D eigenvalue weighted by Crippen LogP contribution is 2.18. The van der Waals surface area contributed by atoms with Gasteiger partial charge in [-0.3, -0.25) is 4.98 Å². The number of hydrogen-bond acceptors (Lipinski definition) is 5. The Hall–Kier alpha value is -1.14.